The van der Waals surface area contributed by atoms with Crippen LogP contribution in [0, 0.1) is 19.3 Å². The molecule has 0 N–H and O–H groups in total. The van der Waals surface area contributed by atoms with Crippen LogP contribution in [0.1, 0.15) is 36.3 Å². The highest BCUT2D eigenvalue weighted by Crippen LogP contribution is 2.78. The van der Waals surface area contributed by atoms with Crippen LogP contribution in [0.25, 0.3) is 11.2 Å². The number of halogens is 3. The molecule has 110 valence electrons. The molecule has 0 unspecified atom stereocenters. The lowest BCUT2D eigenvalue weighted by molar-refractivity contribution is -0.337. The first-order valence-electron chi connectivity index (χ1n) is 6.80. The summed E-state index contributed by atoms with van der Waals surface area (Å²) in [6.45, 7) is 3.67. The Labute approximate surface area is 118 Å². The fraction of sp³-hybridized carbons (Fsp3) is 0.571. The van der Waals surface area contributed by atoms with E-state index in [4.69, 9.17) is 0 Å². The van der Waals surface area contributed by atoms with Crippen LogP contribution in [-0.4, -0.2) is 26.1 Å². The molecule has 21 heavy (non-hydrogen) atoms. The third-order valence-electron chi connectivity index (χ3n) is 5.01. The molecule has 3 fully saturated rings. The second kappa shape index (κ2) is 3.51. The zero-order valence-electron chi connectivity index (χ0n) is 11.6. The highest BCUT2D eigenvalue weighted by atomic mass is 19.4. The second-order valence-corrected chi connectivity index (χ2v) is 6.38. The Morgan fingerprint density at radius 3 is 2.24 bits per heavy atom. The second-order valence-electron chi connectivity index (χ2n) is 6.38. The first-order valence-corrected chi connectivity index (χ1v) is 6.80. The summed E-state index contributed by atoms with van der Waals surface area (Å²) >= 11 is 0. The van der Waals surface area contributed by atoms with E-state index in [1.807, 2.05) is 13.8 Å². The molecule has 0 spiro atoms. The highest BCUT2D eigenvalue weighted by Gasteiger charge is 2.79. The smallest absolute Gasteiger partial charge is 0.246 e. The quantitative estimate of drug-likeness (QED) is 0.811. The van der Waals surface area contributed by atoms with Crippen molar-refractivity contribution in [3.63, 3.8) is 0 Å². The fourth-order valence-corrected chi connectivity index (χ4v) is 3.77. The Balaban J connectivity index is 1.79. The number of aromatic nitrogens is 4. The zero-order chi connectivity index (χ0) is 15.0. The number of fused-ring (bicyclic) bond motifs is 1. The third-order valence-corrected chi connectivity index (χ3v) is 5.01. The van der Waals surface area contributed by atoms with Crippen LogP contribution in [-0.2, 0) is 5.41 Å². The van der Waals surface area contributed by atoms with Gasteiger partial charge in [-0.1, -0.05) is 0 Å². The average Bonchev–Trinajstić information content (AvgIpc) is 2.26. The minimum absolute atomic E-state index is 0.115. The topological polar surface area (TPSA) is 51.6 Å². The van der Waals surface area contributed by atoms with Gasteiger partial charge in [-0.2, -0.15) is 13.2 Å². The van der Waals surface area contributed by atoms with Crippen molar-refractivity contribution in [1.29, 1.82) is 0 Å². The molecule has 3 saturated carbocycles. The predicted octanol–water partition coefficient (Wildman–Crippen LogP) is 3.02. The van der Waals surface area contributed by atoms with Crippen molar-refractivity contribution in [2.24, 2.45) is 5.41 Å². The lowest BCUT2D eigenvalue weighted by atomic mass is 9.34. The summed E-state index contributed by atoms with van der Waals surface area (Å²) in [5.74, 6) is 0. The minimum Gasteiger partial charge on any atom is -0.246 e. The molecule has 0 aromatic carbocycles. The molecule has 7 heteroatoms. The molecule has 2 bridgehead atoms. The molecule has 0 amide bonds. The Bertz CT molecular complexity index is 749. The van der Waals surface area contributed by atoms with E-state index in [1.54, 1.807) is 0 Å². The molecule has 0 saturated heterocycles. The summed E-state index contributed by atoms with van der Waals surface area (Å²) in [6, 6.07) is 0. The summed E-state index contributed by atoms with van der Waals surface area (Å²) in [5, 5.41) is 0. The van der Waals surface area contributed by atoms with Crippen LogP contribution >= 0.6 is 0 Å². The molecule has 0 aliphatic heterocycles. The lowest BCUT2D eigenvalue weighted by Crippen LogP contribution is -2.70. The van der Waals surface area contributed by atoms with Gasteiger partial charge in [0.2, 0.25) is 0 Å². The van der Waals surface area contributed by atoms with Crippen molar-refractivity contribution in [2.75, 3.05) is 0 Å². The maximum absolute atomic E-state index is 13.0. The minimum atomic E-state index is -4.12. The van der Waals surface area contributed by atoms with E-state index in [1.165, 1.54) is 6.33 Å². The zero-order valence-corrected chi connectivity index (χ0v) is 11.6. The van der Waals surface area contributed by atoms with Crippen molar-refractivity contribution in [2.45, 2.75) is 44.7 Å². The molecule has 3 aliphatic carbocycles. The van der Waals surface area contributed by atoms with Crippen LogP contribution in [0.4, 0.5) is 13.2 Å². The Hall–Kier alpha value is -1.79. The molecule has 4 nitrogen and oxygen atoms in total. The van der Waals surface area contributed by atoms with Crippen LogP contribution in [0.2, 0.25) is 0 Å². The van der Waals surface area contributed by atoms with Crippen molar-refractivity contribution in [3.05, 3.63) is 23.4 Å². The molecule has 2 aromatic rings. The van der Waals surface area contributed by atoms with Crippen LogP contribution < -0.4 is 0 Å². The van der Waals surface area contributed by atoms with E-state index >= 15 is 0 Å². The van der Waals surface area contributed by atoms with Crippen molar-refractivity contribution in [3.8, 4) is 0 Å². The molecule has 0 radical (unpaired) electrons. The summed E-state index contributed by atoms with van der Waals surface area (Å²) in [6.07, 6.45) is -2.39. The number of aryl methyl sites for hydroxylation is 2. The van der Waals surface area contributed by atoms with Gasteiger partial charge in [0.1, 0.15) is 11.8 Å². The Morgan fingerprint density at radius 2 is 1.62 bits per heavy atom. The van der Waals surface area contributed by atoms with E-state index in [9.17, 15) is 13.2 Å². The van der Waals surface area contributed by atoms with Gasteiger partial charge in [0, 0.05) is 5.41 Å². The number of nitrogens with zero attached hydrogens (tertiary/aromatic N) is 4. The van der Waals surface area contributed by atoms with Gasteiger partial charge in [0.25, 0.3) is 0 Å². The highest BCUT2D eigenvalue weighted by molar-refractivity contribution is 5.75. The first-order chi connectivity index (χ1) is 9.76. The SMILES string of the molecule is Cc1nc2ncnc(C34CC(C(F)(F)F)(C3)C4)c2nc1C. The van der Waals surface area contributed by atoms with Crippen LogP contribution in [0.15, 0.2) is 6.33 Å². The van der Waals surface area contributed by atoms with Crippen LogP contribution in [0.5, 0.6) is 0 Å². The molecule has 5 rings (SSSR count). The van der Waals surface area contributed by atoms with Crippen molar-refractivity contribution >= 4 is 11.2 Å². The van der Waals surface area contributed by atoms with Gasteiger partial charge < -0.3 is 0 Å². The maximum Gasteiger partial charge on any atom is 0.394 e. The third kappa shape index (κ3) is 1.46. The predicted molar refractivity (Wildman–Crippen MR) is 68.6 cm³/mol. The number of hydrogen-bond donors (Lipinski definition) is 0. The average molecular weight is 294 g/mol. The maximum atomic E-state index is 13.0. The normalized spacial score (nSPS) is 30.9. The van der Waals surface area contributed by atoms with Gasteiger partial charge in [-0.3, -0.25) is 0 Å². The molecular weight excluding hydrogens is 281 g/mol. The van der Waals surface area contributed by atoms with E-state index < -0.39 is 17.0 Å². The molecule has 3 aliphatic rings. The molecule has 2 heterocycles. The van der Waals surface area contributed by atoms with Crippen molar-refractivity contribution in [1.82, 2.24) is 19.9 Å². The molecule has 0 atom stereocenters. The molecule has 2 aromatic heterocycles. The summed E-state index contributed by atoms with van der Waals surface area (Å²) < 4.78 is 38.9. The van der Waals surface area contributed by atoms with Gasteiger partial charge in [0.05, 0.1) is 22.5 Å². The summed E-state index contributed by atoms with van der Waals surface area (Å²) in [4.78, 5) is 17.2. The Kier molecular flexibility index (Phi) is 2.16. The fourth-order valence-electron chi connectivity index (χ4n) is 3.77. The van der Waals surface area contributed by atoms with Gasteiger partial charge in [-0.05, 0) is 33.1 Å². The monoisotopic (exact) mass is 294 g/mol. The summed E-state index contributed by atoms with van der Waals surface area (Å²) in [7, 11) is 0. The number of alkyl halides is 3. The van der Waals surface area contributed by atoms with E-state index in [2.05, 4.69) is 19.9 Å². The van der Waals surface area contributed by atoms with Gasteiger partial charge in [0.15, 0.2) is 5.65 Å². The standard InChI is InChI=1S/C14H13F3N4/c1-7-8(2)21-11-9(20-7)10(18-6-19-11)12-3-13(4-12,5-12)14(15,16)17/h6H,3-5H2,1-2H3. The van der Waals surface area contributed by atoms with E-state index in [-0.39, 0.29) is 19.3 Å². The van der Waals surface area contributed by atoms with E-state index in [0.29, 0.717) is 16.9 Å². The van der Waals surface area contributed by atoms with Gasteiger partial charge in [-0.15, -0.1) is 0 Å². The van der Waals surface area contributed by atoms with Gasteiger partial charge in [-0.25, -0.2) is 19.9 Å². The first kappa shape index (κ1) is 12.9. The number of hydrogen-bond acceptors (Lipinski definition) is 4. The summed E-state index contributed by atoms with van der Waals surface area (Å²) in [5.41, 5.74) is 1.22. The lowest BCUT2D eigenvalue weighted by Gasteiger charge is -2.70. The Morgan fingerprint density at radius 1 is 1.00 bits per heavy atom. The van der Waals surface area contributed by atoms with Gasteiger partial charge >= 0.3 is 6.18 Å². The van der Waals surface area contributed by atoms with Crippen molar-refractivity contribution < 1.29 is 13.2 Å². The van der Waals surface area contributed by atoms with E-state index in [0.717, 1.165) is 11.4 Å². The molecular formula is C14H13F3N4. The number of rotatable bonds is 1. The van der Waals surface area contributed by atoms with Crippen LogP contribution in [0.3, 0.4) is 0 Å². The largest absolute Gasteiger partial charge is 0.394 e.